The number of nitriles is 1. The van der Waals surface area contributed by atoms with Crippen LogP contribution in [0.3, 0.4) is 0 Å². The number of methoxy groups -OCH3 is 1. The number of nitrogens with zero attached hydrogens (tertiary/aromatic N) is 1. The molecular formula is C16H15BrN2O3. The summed E-state index contributed by atoms with van der Waals surface area (Å²) < 4.78 is 11.6. The van der Waals surface area contributed by atoms with E-state index in [0.717, 1.165) is 0 Å². The highest BCUT2D eigenvalue weighted by atomic mass is 79.9. The summed E-state index contributed by atoms with van der Waals surface area (Å²) in [5, 5.41) is 9.26. The van der Waals surface area contributed by atoms with Crippen LogP contribution in [0.2, 0.25) is 0 Å². The number of pyridine rings is 1. The Morgan fingerprint density at radius 2 is 2.09 bits per heavy atom. The highest BCUT2D eigenvalue weighted by Crippen LogP contribution is 2.40. The standard InChI is InChI=1S/C16H15BrN2O3/c1-4-22-14-7-10(6-13(17)15(14)21-3)11-5-9(2)19-16(20)12(11)8-18/h5-7H,4H2,1-3H3,(H,19,20). The Bertz CT molecular complexity index is 806. The van der Waals surface area contributed by atoms with Crippen molar-refractivity contribution in [3.63, 3.8) is 0 Å². The van der Waals surface area contributed by atoms with Crippen LogP contribution in [0.4, 0.5) is 0 Å². The molecule has 0 atom stereocenters. The molecule has 0 saturated heterocycles. The Labute approximate surface area is 136 Å². The number of nitrogens with one attached hydrogen (secondary N) is 1. The van der Waals surface area contributed by atoms with Crippen molar-refractivity contribution in [3.8, 4) is 28.7 Å². The first-order chi connectivity index (χ1) is 10.5. The molecule has 6 heteroatoms. The molecule has 114 valence electrons. The second-order valence-corrected chi connectivity index (χ2v) is 5.46. The molecule has 1 N–H and O–H groups in total. The van der Waals surface area contributed by atoms with E-state index in [1.54, 1.807) is 32.2 Å². The van der Waals surface area contributed by atoms with Gasteiger partial charge in [-0.15, -0.1) is 0 Å². The molecule has 0 aliphatic heterocycles. The summed E-state index contributed by atoms with van der Waals surface area (Å²) >= 11 is 3.44. The van der Waals surface area contributed by atoms with Crippen LogP contribution in [0.1, 0.15) is 18.2 Å². The summed E-state index contributed by atoms with van der Waals surface area (Å²) in [6, 6.07) is 7.29. The van der Waals surface area contributed by atoms with Gasteiger partial charge in [-0.25, -0.2) is 0 Å². The Hall–Kier alpha value is -2.26. The van der Waals surface area contributed by atoms with E-state index in [1.165, 1.54) is 0 Å². The average molecular weight is 363 g/mol. The largest absolute Gasteiger partial charge is 0.492 e. The molecule has 2 aromatic rings. The maximum Gasteiger partial charge on any atom is 0.266 e. The molecule has 22 heavy (non-hydrogen) atoms. The number of aromatic amines is 1. The molecule has 0 unspecified atom stereocenters. The Kier molecular flexibility index (Phi) is 4.88. The van der Waals surface area contributed by atoms with Crippen molar-refractivity contribution in [2.24, 2.45) is 0 Å². The molecule has 5 nitrogen and oxygen atoms in total. The van der Waals surface area contributed by atoms with Crippen molar-refractivity contribution in [2.75, 3.05) is 13.7 Å². The molecule has 0 aliphatic carbocycles. The lowest BCUT2D eigenvalue weighted by Gasteiger charge is -2.14. The van der Waals surface area contributed by atoms with E-state index in [1.807, 2.05) is 13.0 Å². The Morgan fingerprint density at radius 3 is 2.68 bits per heavy atom. The van der Waals surface area contributed by atoms with Gasteiger partial charge < -0.3 is 14.5 Å². The van der Waals surface area contributed by atoms with Crippen LogP contribution in [-0.4, -0.2) is 18.7 Å². The van der Waals surface area contributed by atoms with E-state index in [-0.39, 0.29) is 5.56 Å². The molecule has 0 saturated carbocycles. The molecule has 0 bridgehead atoms. The van der Waals surface area contributed by atoms with Gasteiger partial charge >= 0.3 is 0 Å². The lowest BCUT2D eigenvalue weighted by atomic mass is 10.0. The van der Waals surface area contributed by atoms with Crippen LogP contribution in [0.15, 0.2) is 27.5 Å². The highest BCUT2D eigenvalue weighted by Gasteiger charge is 2.16. The second-order valence-electron chi connectivity index (χ2n) is 4.60. The number of ether oxygens (including phenoxy) is 2. The fourth-order valence-electron chi connectivity index (χ4n) is 2.21. The summed E-state index contributed by atoms with van der Waals surface area (Å²) in [6.45, 7) is 4.12. The topological polar surface area (TPSA) is 75.1 Å². The van der Waals surface area contributed by atoms with Crippen LogP contribution >= 0.6 is 15.9 Å². The molecule has 2 rings (SSSR count). The number of H-pyrrole nitrogens is 1. The van der Waals surface area contributed by atoms with Gasteiger partial charge in [-0.05, 0) is 53.5 Å². The lowest BCUT2D eigenvalue weighted by Crippen LogP contribution is -2.12. The minimum Gasteiger partial charge on any atom is -0.492 e. The van der Waals surface area contributed by atoms with E-state index >= 15 is 0 Å². The van der Waals surface area contributed by atoms with Gasteiger partial charge in [-0.2, -0.15) is 5.26 Å². The van der Waals surface area contributed by atoms with Crippen molar-refractivity contribution in [2.45, 2.75) is 13.8 Å². The third kappa shape index (κ3) is 3.00. The highest BCUT2D eigenvalue weighted by molar-refractivity contribution is 9.10. The zero-order valence-electron chi connectivity index (χ0n) is 12.5. The number of halogens is 1. The molecule has 1 aromatic carbocycles. The Balaban J connectivity index is 2.74. The molecule has 1 aromatic heterocycles. The van der Waals surface area contributed by atoms with Crippen LogP contribution in [0, 0.1) is 18.3 Å². The van der Waals surface area contributed by atoms with Gasteiger partial charge in [0.2, 0.25) is 0 Å². The number of rotatable bonds is 4. The molecule has 0 aliphatic rings. The quantitative estimate of drug-likeness (QED) is 0.904. The van der Waals surface area contributed by atoms with Gasteiger partial charge in [-0.1, -0.05) is 0 Å². The maximum absolute atomic E-state index is 11.9. The second kappa shape index (κ2) is 6.67. The van der Waals surface area contributed by atoms with Gasteiger partial charge in [-0.3, -0.25) is 4.79 Å². The lowest BCUT2D eigenvalue weighted by molar-refractivity contribution is 0.310. The van der Waals surface area contributed by atoms with E-state index in [0.29, 0.717) is 39.4 Å². The molecule has 0 fully saturated rings. The molecule has 0 spiro atoms. The van der Waals surface area contributed by atoms with Gasteiger partial charge in [0.25, 0.3) is 5.56 Å². The van der Waals surface area contributed by atoms with Crippen molar-refractivity contribution in [1.29, 1.82) is 5.26 Å². The number of aryl methyl sites for hydroxylation is 1. The van der Waals surface area contributed by atoms with E-state index in [9.17, 15) is 10.1 Å². The third-order valence-electron chi connectivity index (χ3n) is 3.10. The fraction of sp³-hybridized carbons (Fsp3) is 0.250. The fourth-order valence-corrected chi connectivity index (χ4v) is 2.82. The van der Waals surface area contributed by atoms with Gasteiger partial charge in [0, 0.05) is 11.3 Å². The number of aromatic nitrogens is 1. The summed E-state index contributed by atoms with van der Waals surface area (Å²) in [5.41, 5.74) is 1.63. The van der Waals surface area contributed by atoms with Crippen LogP contribution in [0.25, 0.3) is 11.1 Å². The smallest absolute Gasteiger partial charge is 0.266 e. The van der Waals surface area contributed by atoms with Crippen molar-refractivity contribution in [1.82, 2.24) is 4.98 Å². The number of hydrogen-bond donors (Lipinski definition) is 1. The average Bonchev–Trinajstić information content (AvgIpc) is 2.46. The SMILES string of the molecule is CCOc1cc(-c2cc(C)[nH]c(=O)c2C#N)cc(Br)c1OC. The summed E-state index contributed by atoms with van der Waals surface area (Å²) in [4.78, 5) is 14.6. The first-order valence-electron chi connectivity index (χ1n) is 6.66. The molecule has 0 radical (unpaired) electrons. The van der Waals surface area contributed by atoms with Gasteiger partial charge in [0.1, 0.15) is 11.6 Å². The first kappa shape index (κ1) is 16.1. The van der Waals surface area contributed by atoms with E-state index in [2.05, 4.69) is 20.9 Å². The minimum absolute atomic E-state index is 0.0742. The van der Waals surface area contributed by atoms with E-state index < -0.39 is 5.56 Å². The third-order valence-corrected chi connectivity index (χ3v) is 3.69. The Morgan fingerprint density at radius 1 is 1.36 bits per heavy atom. The van der Waals surface area contributed by atoms with E-state index in [4.69, 9.17) is 9.47 Å². The van der Waals surface area contributed by atoms with Crippen LogP contribution in [0.5, 0.6) is 11.5 Å². The first-order valence-corrected chi connectivity index (χ1v) is 7.45. The van der Waals surface area contributed by atoms with Gasteiger partial charge in [0.15, 0.2) is 11.5 Å². The van der Waals surface area contributed by atoms with Crippen molar-refractivity contribution in [3.05, 3.63) is 44.3 Å². The predicted octanol–water partition coefficient (Wildman–Crippen LogP) is 3.39. The van der Waals surface area contributed by atoms with Gasteiger partial charge in [0.05, 0.1) is 18.2 Å². The number of benzene rings is 1. The normalized spacial score (nSPS) is 10.1. The minimum atomic E-state index is -0.401. The summed E-state index contributed by atoms with van der Waals surface area (Å²) in [5.74, 6) is 1.13. The number of hydrogen-bond acceptors (Lipinski definition) is 4. The zero-order valence-corrected chi connectivity index (χ0v) is 14.1. The monoisotopic (exact) mass is 362 g/mol. The maximum atomic E-state index is 11.9. The predicted molar refractivity (Wildman–Crippen MR) is 87.4 cm³/mol. The molecular weight excluding hydrogens is 348 g/mol. The van der Waals surface area contributed by atoms with Crippen molar-refractivity contribution >= 4 is 15.9 Å². The zero-order chi connectivity index (χ0) is 16.3. The molecule has 1 heterocycles. The van der Waals surface area contributed by atoms with Crippen LogP contribution < -0.4 is 15.0 Å². The summed E-state index contributed by atoms with van der Waals surface area (Å²) in [7, 11) is 1.56. The summed E-state index contributed by atoms with van der Waals surface area (Å²) in [6.07, 6.45) is 0. The molecule has 0 amide bonds. The van der Waals surface area contributed by atoms with Crippen molar-refractivity contribution < 1.29 is 9.47 Å². The van der Waals surface area contributed by atoms with Crippen LogP contribution in [-0.2, 0) is 0 Å².